The van der Waals surface area contributed by atoms with Crippen molar-refractivity contribution < 1.29 is 19.8 Å². The number of aliphatic hydroxyl groups is 1. The molecule has 4 aliphatic carbocycles. The minimum Gasteiger partial charge on any atom is -0.481 e. The number of carbonyl (C=O) groups is 2. The van der Waals surface area contributed by atoms with Gasteiger partial charge in [0.1, 0.15) is 5.78 Å². The van der Waals surface area contributed by atoms with Gasteiger partial charge >= 0.3 is 5.97 Å². The van der Waals surface area contributed by atoms with E-state index in [1.165, 1.54) is 0 Å². The molecule has 4 heteroatoms. The van der Waals surface area contributed by atoms with Crippen molar-refractivity contribution in [3.8, 4) is 0 Å². The van der Waals surface area contributed by atoms with E-state index in [0.29, 0.717) is 25.0 Å². The van der Waals surface area contributed by atoms with Crippen LogP contribution in [-0.2, 0) is 9.59 Å². The molecule has 0 amide bonds. The highest BCUT2D eigenvalue weighted by Crippen LogP contribution is 2.72. The Morgan fingerprint density at radius 2 is 1.83 bits per heavy atom. The molecule has 4 nitrogen and oxygen atoms in total. The van der Waals surface area contributed by atoms with Crippen LogP contribution in [0.3, 0.4) is 0 Å². The number of Topliss-reactive ketones (excluding diaryl/α,β-unsaturated/α-hetero) is 1. The molecule has 0 aromatic carbocycles. The number of fused-ring (bicyclic) bond motifs is 3. The minimum absolute atomic E-state index is 0.00179. The molecule has 134 valence electrons. The lowest BCUT2D eigenvalue weighted by atomic mass is 9.39. The molecule has 7 atom stereocenters. The normalized spacial score (nSPS) is 56.5. The highest BCUT2D eigenvalue weighted by molar-refractivity contribution is 5.88. The molecule has 2 bridgehead atoms. The van der Waals surface area contributed by atoms with Gasteiger partial charge in [0, 0.05) is 17.3 Å². The molecule has 0 heterocycles. The van der Waals surface area contributed by atoms with Crippen LogP contribution in [0.25, 0.3) is 0 Å². The van der Waals surface area contributed by atoms with Crippen molar-refractivity contribution in [1.29, 1.82) is 0 Å². The van der Waals surface area contributed by atoms with Crippen LogP contribution < -0.4 is 0 Å². The number of aliphatic carboxylic acids is 1. The zero-order valence-corrected chi connectivity index (χ0v) is 15.1. The van der Waals surface area contributed by atoms with E-state index >= 15 is 0 Å². The number of carboxylic acids is 1. The third-order valence-electron chi connectivity index (χ3n) is 8.94. The Morgan fingerprint density at radius 3 is 2.50 bits per heavy atom. The van der Waals surface area contributed by atoms with Crippen LogP contribution in [0, 0.1) is 33.5 Å². The van der Waals surface area contributed by atoms with Crippen LogP contribution in [0.15, 0.2) is 0 Å². The summed E-state index contributed by atoms with van der Waals surface area (Å²) in [6.45, 7) is 6.22. The topological polar surface area (TPSA) is 74.6 Å². The van der Waals surface area contributed by atoms with Gasteiger partial charge in [-0.25, -0.2) is 0 Å². The van der Waals surface area contributed by atoms with Crippen LogP contribution in [-0.4, -0.2) is 28.1 Å². The molecule has 0 saturated heterocycles. The first kappa shape index (κ1) is 16.6. The average Bonchev–Trinajstić information content (AvgIpc) is 2.68. The third kappa shape index (κ3) is 1.73. The lowest BCUT2D eigenvalue weighted by molar-refractivity contribution is -0.211. The van der Waals surface area contributed by atoms with E-state index in [1.54, 1.807) is 0 Å². The van der Waals surface area contributed by atoms with Crippen molar-refractivity contribution in [2.75, 3.05) is 0 Å². The number of ketones is 1. The van der Waals surface area contributed by atoms with Gasteiger partial charge in [-0.15, -0.1) is 0 Å². The Balaban J connectivity index is 1.81. The van der Waals surface area contributed by atoms with Crippen LogP contribution in [0.5, 0.6) is 0 Å². The zero-order valence-electron chi connectivity index (χ0n) is 15.1. The predicted molar refractivity (Wildman–Crippen MR) is 89.3 cm³/mol. The van der Waals surface area contributed by atoms with Crippen molar-refractivity contribution in [2.24, 2.45) is 33.5 Å². The first-order valence-corrected chi connectivity index (χ1v) is 9.53. The molecule has 1 spiro atoms. The van der Waals surface area contributed by atoms with E-state index in [2.05, 4.69) is 13.8 Å². The largest absolute Gasteiger partial charge is 0.481 e. The zero-order chi connectivity index (χ0) is 17.5. The summed E-state index contributed by atoms with van der Waals surface area (Å²) < 4.78 is 0. The smallest absolute Gasteiger partial charge is 0.309 e. The fraction of sp³-hybridized carbons (Fsp3) is 0.900. The van der Waals surface area contributed by atoms with Gasteiger partial charge < -0.3 is 10.2 Å². The molecule has 0 aromatic heterocycles. The molecule has 0 aliphatic heterocycles. The van der Waals surface area contributed by atoms with E-state index in [9.17, 15) is 19.8 Å². The molecule has 4 rings (SSSR count). The fourth-order valence-corrected chi connectivity index (χ4v) is 7.65. The summed E-state index contributed by atoms with van der Waals surface area (Å²) in [5, 5.41) is 21.0. The summed E-state index contributed by atoms with van der Waals surface area (Å²) in [4.78, 5) is 24.7. The Labute approximate surface area is 144 Å². The summed E-state index contributed by atoms with van der Waals surface area (Å²) in [7, 11) is 0. The van der Waals surface area contributed by atoms with Crippen LogP contribution >= 0.6 is 0 Å². The lowest BCUT2D eigenvalue weighted by Crippen LogP contribution is -2.63. The van der Waals surface area contributed by atoms with Crippen LogP contribution in [0.4, 0.5) is 0 Å². The Kier molecular flexibility index (Phi) is 3.19. The Hall–Kier alpha value is -0.900. The summed E-state index contributed by atoms with van der Waals surface area (Å²) in [5.74, 6) is -0.119. The molecule has 0 aromatic rings. The first-order valence-electron chi connectivity index (χ1n) is 9.53. The highest BCUT2D eigenvalue weighted by atomic mass is 16.4. The summed E-state index contributed by atoms with van der Waals surface area (Å²) in [6, 6.07) is 0. The van der Waals surface area contributed by atoms with Gasteiger partial charge in [0.25, 0.3) is 0 Å². The highest BCUT2D eigenvalue weighted by Gasteiger charge is 2.70. The SMILES string of the molecule is C[C@@]12CC[C@H]3[C@]4(C)CCC[C@@](C)(C(=O)O)[C@H]4C[C@H](O)[C@]3(CC1=O)C2. The van der Waals surface area contributed by atoms with Gasteiger partial charge in [-0.1, -0.05) is 20.3 Å². The lowest BCUT2D eigenvalue weighted by Gasteiger charge is -2.65. The second-order valence-corrected chi connectivity index (χ2v) is 10.0. The minimum atomic E-state index is -0.751. The van der Waals surface area contributed by atoms with E-state index in [4.69, 9.17) is 0 Å². The van der Waals surface area contributed by atoms with Gasteiger partial charge in [0.05, 0.1) is 11.5 Å². The van der Waals surface area contributed by atoms with Crippen molar-refractivity contribution >= 4 is 11.8 Å². The quantitative estimate of drug-likeness (QED) is 0.770. The third-order valence-corrected chi connectivity index (χ3v) is 8.94. The van der Waals surface area contributed by atoms with E-state index in [-0.39, 0.29) is 28.1 Å². The van der Waals surface area contributed by atoms with Gasteiger partial charge in [-0.3, -0.25) is 9.59 Å². The van der Waals surface area contributed by atoms with E-state index in [0.717, 1.165) is 32.1 Å². The molecule has 4 fully saturated rings. The number of carbonyl (C=O) groups excluding carboxylic acids is 1. The molecule has 2 N–H and O–H groups in total. The molecule has 0 radical (unpaired) electrons. The first-order chi connectivity index (χ1) is 11.1. The predicted octanol–water partition coefficient (Wildman–Crippen LogP) is 3.41. The van der Waals surface area contributed by atoms with Gasteiger partial charge in [-0.05, 0) is 62.7 Å². The molecular formula is C20H30O4. The van der Waals surface area contributed by atoms with Crippen molar-refractivity contribution in [2.45, 2.75) is 78.2 Å². The maximum Gasteiger partial charge on any atom is 0.309 e. The van der Waals surface area contributed by atoms with Gasteiger partial charge in [0.2, 0.25) is 0 Å². The summed E-state index contributed by atoms with van der Waals surface area (Å²) >= 11 is 0. The Morgan fingerprint density at radius 1 is 1.12 bits per heavy atom. The molecule has 4 saturated carbocycles. The summed E-state index contributed by atoms with van der Waals surface area (Å²) in [5.41, 5.74) is -1.38. The fourth-order valence-electron chi connectivity index (χ4n) is 7.65. The second-order valence-electron chi connectivity index (χ2n) is 10.0. The molecule has 24 heavy (non-hydrogen) atoms. The van der Waals surface area contributed by atoms with E-state index in [1.807, 2.05) is 6.92 Å². The van der Waals surface area contributed by atoms with Crippen LogP contribution in [0.1, 0.15) is 72.1 Å². The van der Waals surface area contributed by atoms with Crippen molar-refractivity contribution in [3.63, 3.8) is 0 Å². The second kappa shape index (κ2) is 4.63. The average molecular weight is 334 g/mol. The number of aliphatic hydroxyl groups excluding tert-OH is 1. The van der Waals surface area contributed by atoms with Crippen molar-refractivity contribution in [1.82, 2.24) is 0 Å². The molecule has 0 unspecified atom stereocenters. The summed E-state index contributed by atoms with van der Waals surface area (Å²) in [6.07, 6.45) is 5.83. The van der Waals surface area contributed by atoms with Gasteiger partial charge in [0.15, 0.2) is 0 Å². The van der Waals surface area contributed by atoms with Crippen LogP contribution in [0.2, 0.25) is 0 Å². The number of carboxylic acid groups (broad SMARTS) is 1. The molecular weight excluding hydrogens is 304 g/mol. The maximum absolute atomic E-state index is 12.7. The number of rotatable bonds is 1. The monoisotopic (exact) mass is 334 g/mol. The number of hydrogen-bond acceptors (Lipinski definition) is 3. The van der Waals surface area contributed by atoms with E-state index < -0.39 is 17.5 Å². The van der Waals surface area contributed by atoms with Crippen molar-refractivity contribution in [3.05, 3.63) is 0 Å². The molecule has 4 aliphatic rings. The van der Waals surface area contributed by atoms with Gasteiger partial charge in [-0.2, -0.15) is 0 Å². The Bertz CT molecular complexity index is 615. The maximum atomic E-state index is 12.7. The standard InChI is InChI=1S/C20H30O4/c1-17-8-5-12-18(2)6-4-7-19(3,16(23)24)13(18)9-14(21)20(12,11-17)10-15(17)22/h12-14,21H,4-11H2,1-3H3,(H,23,24)/t12-,13-,14-,17-,18-,19+,20+/m0/s1. The number of hydrogen-bond donors (Lipinski definition) is 2.